The summed E-state index contributed by atoms with van der Waals surface area (Å²) < 4.78 is 5.52. The number of aromatic nitrogens is 1. The quantitative estimate of drug-likeness (QED) is 0.573. The first-order valence-corrected chi connectivity index (χ1v) is 12.6. The molecule has 5 rings (SSSR count). The Hall–Kier alpha value is -2.58. The van der Waals surface area contributed by atoms with E-state index in [0.717, 1.165) is 36.3 Å². The molecule has 35 heavy (non-hydrogen) atoms. The van der Waals surface area contributed by atoms with E-state index in [2.05, 4.69) is 14.8 Å². The third-order valence-corrected chi connectivity index (χ3v) is 7.55. The van der Waals surface area contributed by atoms with Gasteiger partial charge in [0.15, 0.2) is 0 Å². The van der Waals surface area contributed by atoms with Gasteiger partial charge in [0, 0.05) is 61.9 Å². The number of fused-ring (bicyclic) bond motifs is 1. The SMILES string of the molecule is Cc1ccc2[nH]c(=O)cc(C(=O)N3CCN(c4ccc(Cl)c(Cl)c4)CC3CN3CCOCC3)c2c1. The smallest absolute Gasteiger partial charge is 0.255 e. The van der Waals surface area contributed by atoms with Crippen LogP contribution >= 0.6 is 23.2 Å². The molecule has 1 aromatic heterocycles. The maximum absolute atomic E-state index is 13.9. The number of rotatable bonds is 4. The normalized spacial score (nSPS) is 19.3. The van der Waals surface area contributed by atoms with Crippen molar-refractivity contribution in [2.24, 2.45) is 0 Å². The fourth-order valence-electron chi connectivity index (χ4n) is 4.98. The number of aryl methyl sites for hydroxylation is 1. The van der Waals surface area contributed by atoms with Crippen molar-refractivity contribution in [3.05, 3.63) is 74.0 Å². The van der Waals surface area contributed by atoms with Gasteiger partial charge in [-0.15, -0.1) is 0 Å². The first-order valence-electron chi connectivity index (χ1n) is 11.8. The first kappa shape index (κ1) is 24.1. The second-order valence-electron chi connectivity index (χ2n) is 9.21. The number of amides is 1. The number of halogens is 2. The molecule has 0 spiro atoms. The Kier molecular flexibility index (Phi) is 7.02. The number of carbonyl (C=O) groups excluding carboxylic acids is 1. The van der Waals surface area contributed by atoms with Crippen LogP contribution in [-0.2, 0) is 4.74 Å². The third kappa shape index (κ3) is 5.19. The van der Waals surface area contributed by atoms with Crippen LogP contribution in [0.15, 0.2) is 47.3 Å². The Bertz CT molecular complexity index is 1310. The van der Waals surface area contributed by atoms with Gasteiger partial charge in [0.25, 0.3) is 5.91 Å². The fourth-order valence-corrected chi connectivity index (χ4v) is 5.27. The lowest BCUT2D eigenvalue weighted by atomic mass is 10.0. The minimum absolute atomic E-state index is 0.0667. The van der Waals surface area contributed by atoms with Crippen molar-refractivity contribution in [2.75, 3.05) is 57.4 Å². The molecule has 7 nitrogen and oxygen atoms in total. The van der Waals surface area contributed by atoms with Gasteiger partial charge in [-0.2, -0.15) is 0 Å². The zero-order chi connectivity index (χ0) is 24.5. The number of H-pyrrole nitrogens is 1. The third-order valence-electron chi connectivity index (χ3n) is 6.81. The predicted octanol–water partition coefficient (Wildman–Crippen LogP) is 3.81. The Morgan fingerprint density at radius 3 is 2.60 bits per heavy atom. The number of pyridine rings is 1. The molecule has 3 aromatic rings. The van der Waals surface area contributed by atoms with Crippen molar-refractivity contribution in [1.82, 2.24) is 14.8 Å². The van der Waals surface area contributed by atoms with Crippen LogP contribution in [0.4, 0.5) is 5.69 Å². The highest BCUT2D eigenvalue weighted by atomic mass is 35.5. The number of ether oxygens (including phenoxy) is 1. The van der Waals surface area contributed by atoms with Crippen molar-refractivity contribution in [3.63, 3.8) is 0 Å². The number of aromatic amines is 1. The predicted molar refractivity (Wildman–Crippen MR) is 140 cm³/mol. The van der Waals surface area contributed by atoms with Crippen molar-refractivity contribution in [2.45, 2.75) is 13.0 Å². The van der Waals surface area contributed by atoms with Gasteiger partial charge in [0.1, 0.15) is 0 Å². The molecule has 0 aliphatic carbocycles. The van der Waals surface area contributed by atoms with E-state index in [1.807, 2.05) is 42.2 Å². The number of nitrogens with zero attached hydrogens (tertiary/aromatic N) is 3. The number of anilines is 1. The number of carbonyl (C=O) groups is 1. The highest BCUT2D eigenvalue weighted by molar-refractivity contribution is 6.42. The molecule has 2 aliphatic heterocycles. The van der Waals surface area contributed by atoms with E-state index in [1.165, 1.54) is 6.07 Å². The second-order valence-corrected chi connectivity index (χ2v) is 10.0. The van der Waals surface area contributed by atoms with Crippen LogP contribution < -0.4 is 10.5 Å². The van der Waals surface area contributed by atoms with E-state index in [1.54, 1.807) is 6.07 Å². The summed E-state index contributed by atoms with van der Waals surface area (Å²) in [5.74, 6) is -0.112. The Labute approximate surface area is 214 Å². The van der Waals surface area contributed by atoms with Gasteiger partial charge in [-0.25, -0.2) is 0 Å². The molecule has 2 aromatic carbocycles. The topological polar surface area (TPSA) is 68.9 Å². The molecule has 1 unspecified atom stereocenters. The summed E-state index contributed by atoms with van der Waals surface area (Å²) in [6, 6.07) is 12.8. The van der Waals surface area contributed by atoms with Gasteiger partial charge >= 0.3 is 0 Å². The van der Waals surface area contributed by atoms with Crippen LogP contribution in [0.3, 0.4) is 0 Å². The van der Waals surface area contributed by atoms with Crippen LogP contribution in [0.2, 0.25) is 10.0 Å². The van der Waals surface area contributed by atoms with E-state index in [9.17, 15) is 9.59 Å². The highest BCUT2D eigenvalue weighted by Crippen LogP contribution is 2.29. The zero-order valence-corrected chi connectivity index (χ0v) is 21.1. The average molecular weight is 515 g/mol. The number of nitrogens with one attached hydrogen (secondary N) is 1. The maximum atomic E-state index is 13.9. The summed E-state index contributed by atoms with van der Waals surface area (Å²) in [6.07, 6.45) is 0. The highest BCUT2D eigenvalue weighted by Gasteiger charge is 2.33. The summed E-state index contributed by atoms with van der Waals surface area (Å²) >= 11 is 12.4. The number of piperazine rings is 1. The Balaban J connectivity index is 1.47. The van der Waals surface area contributed by atoms with Gasteiger partial charge in [-0.05, 0) is 37.3 Å². The first-order chi connectivity index (χ1) is 16.9. The summed E-state index contributed by atoms with van der Waals surface area (Å²) in [5.41, 5.74) is 2.86. The van der Waals surface area contributed by atoms with Crippen LogP contribution in [0.1, 0.15) is 15.9 Å². The van der Waals surface area contributed by atoms with E-state index in [-0.39, 0.29) is 17.5 Å². The van der Waals surface area contributed by atoms with Gasteiger partial charge in [0.2, 0.25) is 5.56 Å². The van der Waals surface area contributed by atoms with E-state index in [4.69, 9.17) is 27.9 Å². The maximum Gasteiger partial charge on any atom is 0.255 e. The number of hydrogen-bond donors (Lipinski definition) is 1. The molecule has 2 aliphatic rings. The standard InChI is InChI=1S/C26H28Cl2N4O3/c1-17-2-5-24-20(12-17)21(14-25(33)29-24)26(34)32-7-6-31(18-3-4-22(27)23(28)13-18)16-19(32)15-30-8-10-35-11-9-30/h2-5,12-14,19H,6-11,15-16H2,1H3,(H,29,33). The summed E-state index contributed by atoms with van der Waals surface area (Å²) in [6.45, 7) is 7.60. The molecule has 2 saturated heterocycles. The number of benzene rings is 2. The van der Waals surface area contributed by atoms with Crippen LogP contribution in [0, 0.1) is 6.92 Å². The second kappa shape index (κ2) is 10.2. The molecule has 1 amide bonds. The van der Waals surface area contributed by atoms with Crippen LogP contribution in [0.5, 0.6) is 0 Å². The number of morpholine rings is 1. The average Bonchev–Trinajstić information content (AvgIpc) is 2.86. The minimum atomic E-state index is -0.274. The van der Waals surface area contributed by atoms with E-state index >= 15 is 0 Å². The molecule has 9 heteroatoms. The Morgan fingerprint density at radius 1 is 1.03 bits per heavy atom. The molecular weight excluding hydrogens is 487 g/mol. The lowest BCUT2D eigenvalue weighted by Gasteiger charge is -2.44. The lowest BCUT2D eigenvalue weighted by molar-refractivity contribution is 0.0204. The monoisotopic (exact) mass is 514 g/mol. The lowest BCUT2D eigenvalue weighted by Crippen LogP contribution is -2.59. The van der Waals surface area contributed by atoms with Crippen LogP contribution in [-0.4, -0.2) is 79.2 Å². The Morgan fingerprint density at radius 2 is 1.83 bits per heavy atom. The van der Waals surface area contributed by atoms with Gasteiger partial charge < -0.3 is 19.5 Å². The summed E-state index contributed by atoms with van der Waals surface area (Å²) in [4.78, 5) is 35.7. The van der Waals surface area contributed by atoms with Crippen molar-refractivity contribution in [1.29, 1.82) is 0 Å². The molecule has 0 bridgehead atoms. The van der Waals surface area contributed by atoms with Gasteiger partial charge in [-0.1, -0.05) is 34.8 Å². The minimum Gasteiger partial charge on any atom is -0.379 e. The van der Waals surface area contributed by atoms with Crippen molar-refractivity contribution >= 4 is 45.7 Å². The molecule has 0 radical (unpaired) electrons. The van der Waals surface area contributed by atoms with Crippen molar-refractivity contribution < 1.29 is 9.53 Å². The number of hydrogen-bond acceptors (Lipinski definition) is 5. The van der Waals surface area contributed by atoms with Crippen LogP contribution in [0.25, 0.3) is 10.9 Å². The molecule has 1 N–H and O–H groups in total. The zero-order valence-electron chi connectivity index (χ0n) is 19.6. The largest absolute Gasteiger partial charge is 0.379 e. The van der Waals surface area contributed by atoms with Crippen molar-refractivity contribution in [3.8, 4) is 0 Å². The van der Waals surface area contributed by atoms with E-state index in [0.29, 0.717) is 54.0 Å². The molecular formula is C26H28Cl2N4O3. The molecule has 3 heterocycles. The molecule has 1 atom stereocenters. The van der Waals surface area contributed by atoms with E-state index < -0.39 is 0 Å². The summed E-state index contributed by atoms with van der Waals surface area (Å²) in [5, 5.41) is 1.80. The fraction of sp³-hybridized carbons (Fsp3) is 0.385. The van der Waals surface area contributed by atoms with Gasteiger partial charge in [0.05, 0.1) is 34.9 Å². The molecule has 0 saturated carbocycles. The molecule has 2 fully saturated rings. The summed E-state index contributed by atoms with van der Waals surface area (Å²) in [7, 11) is 0. The molecule has 184 valence electrons. The van der Waals surface area contributed by atoms with Gasteiger partial charge in [-0.3, -0.25) is 14.5 Å².